The molecule has 0 fully saturated rings. The fourth-order valence-electron chi connectivity index (χ4n) is 0.0975. The predicted molar refractivity (Wildman–Crippen MR) is 37.7 cm³/mol. The molecule has 0 aliphatic rings. The normalized spacial score (nSPS) is 6.57. The van der Waals surface area contributed by atoms with Crippen LogP contribution in [0.4, 0.5) is 0 Å². The maximum Gasteiger partial charge on any atom is 0.0639 e. The molecule has 0 saturated carbocycles. The van der Waals surface area contributed by atoms with Gasteiger partial charge in [-0.3, -0.25) is 0 Å². The number of rotatable bonds is 2. The van der Waals surface area contributed by atoms with Gasteiger partial charge in [0.15, 0.2) is 0 Å². The van der Waals surface area contributed by atoms with Crippen molar-refractivity contribution in [3.8, 4) is 23.4 Å². The first-order valence-electron chi connectivity index (χ1n) is 1.56. The number of hydrogen-bond acceptors (Lipinski definition) is 2. The second kappa shape index (κ2) is 5.82. The highest BCUT2D eigenvalue weighted by Crippen LogP contribution is 2.06. The van der Waals surface area contributed by atoms with Gasteiger partial charge in [-0.15, -0.1) is 12.8 Å². The lowest BCUT2D eigenvalue weighted by Crippen LogP contribution is -1.56. The van der Waals surface area contributed by atoms with Crippen LogP contribution in [0.25, 0.3) is 0 Å². The van der Waals surface area contributed by atoms with Crippen LogP contribution >= 0.6 is 23.5 Å². The Balaban J connectivity index is 2.77. The SMILES string of the molecule is C#CSCSC#C. The van der Waals surface area contributed by atoms with Gasteiger partial charge in [0.1, 0.15) is 0 Å². The van der Waals surface area contributed by atoms with Gasteiger partial charge in [-0.05, 0) is 10.5 Å². The topological polar surface area (TPSA) is 0 Å². The summed E-state index contributed by atoms with van der Waals surface area (Å²) >= 11 is 2.76. The van der Waals surface area contributed by atoms with Crippen LogP contribution in [0.5, 0.6) is 0 Å². The molecule has 0 unspecified atom stereocenters. The lowest BCUT2D eigenvalue weighted by molar-refractivity contribution is 2.31. The first kappa shape index (κ1) is 6.82. The van der Waals surface area contributed by atoms with Crippen LogP contribution in [-0.2, 0) is 0 Å². The smallest absolute Gasteiger partial charge is 0.0639 e. The second-order valence-corrected chi connectivity index (χ2v) is 2.63. The van der Waals surface area contributed by atoms with Crippen LogP contribution in [-0.4, -0.2) is 5.08 Å². The molecule has 0 saturated heterocycles. The fourth-order valence-corrected chi connectivity index (χ4v) is 0.878. The fraction of sp³-hybridized carbons (Fsp3) is 0.200. The molecular weight excluding hydrogens is 124 g/mol. The van der Waals surface area contributed by atoms with Crippen LogP contribution in [0.15, 0.2) is 0 Å². The lowest BCUT2D eigenvalue weighted by atomic mass is 11.4. The van der Waals surface area contributed by atoms with Crippen molar-refractivity contribution in [2.75, 3.05) is 5.08 Å². The van der Waals surface area contributed by atoms with Crippen LogP contribution in [0.3, 0.4) is 0 Å². The standard InChI is InChI=1S/C5H4S2/c1-3-6-5-7-4-2/h1-2H,5H2. The summed E-state index contributed by atoms with van der Waals surface area (Å²) in [7, 11) is 0. The molecule has 0 aliphatic heterocycles. The lowest BCUT2D eigenvalue weighted by Gasteiger charge is -1.79. The number of terminal acetylenes is 2. The Hall–Kier alpha value is -0.180. The van der Waals surface area contributed by atoms with Crippen molar-refractivity contribution in [2.45, 2.75) is 0 Å². The monoisotopic (exact) mass is 128 g/mol. The number of thioether (sulfide) groups is 2. The van der Waals surface area contributed by atoms with E-state index in [9.17, 15) is 0 Å². The molecule has 0 rings (SSSR count). The Labute approximate surface area is 52.4 Å². The van der Waals surface area contributed by atoms with E-state index in [-0.39, 0.29) is 0 Å². The van der Waals surface area contributed by atoms with Crippen molar-refractivity contribution < 1.29 is 0 Å². The summed E-state index contributed by atoms with van der Waals surface area (Å²) in [6.45, 7) is 0. The third-order valence-electron chi connectivity index (χ3n) is 0.285. The summed E-state index contributed by atoms with van der Waals surface area (Å²) in [4.78, 5) is 0. The van der Waals surface area contributed by atoms with Crippen molar-refractivity contribution in [2.24, 2.45) is 0 Å². The van der Waals surface area contributed by atoms with Gasteiger partial charge in [0.25, 0.3) is 0 Å². The van der Waals surface area contributed by atoms with E-state index in [1.54, 1.807) is 0 Å². The minimum absolute atomic E-state index is 0.799. The summed E-state index contributed by atoms with van der Waals surface area (Å²) in [6, 6.07) is 0. The van der Waals surface area contributed by atoms with Gasteiger partial charge < -0.3 is 0 Å². The first-order chi connectivity index (χ1) is 3.41. The molecule has 0 spiro atoms. The highest BCUT2D eigenvalue weighted by Gasteiger charge is 1.75. The summed E-state index contributed by atoms with van der Waals surface area (Å²) in [5.41, 5.74) is 0. The van der Waals surface area contributed by atoms with Crippen LogP contribution < -0.4 is 0 Å². The van der Waals surface area contributed by atoms with Crippen LogP contribution in [0, 0.1) is 23.4 Å². The highest BCUT2D eigenvalue weighted by molar-refractivity contribution is 8.20. The van der Waals surface area contributed by atoms with Crippen molar-refractivity contribution in [1.82, 2.24) is 0 Å². The zero-order valence-electron chi connectivity index (χ0n) is 3.68. The molecule has 7 heavy (non-hydrogen) atoms. The Bertz CT molecular complexity index is 90.2. The zero-order valence-corrected chi connectivity index (χ0v) is 5.31. The quantitative estimate of drug-likeness (QED) is 0.315. The Morgan fingerprint density at radius 2 is 1.57 bits per heavy atom. The van der Waals surface area contributed by atoms with E-state index in [4.69, 9.17) is 12.8 Å². The van der Waals surface area contributed by atoms with E-state index >= 15 is 0 Å². The molecule has 0 aliphatic carbocycles. The molecule has 0 heterocycles. The van der Waals surface area contributed by atoms with Gasteiger partial charge in [-0.25, -0.2) is 0 Å². The van der Waals surface area contributed by atoms with Crippen molar-refractivity contribution in [3.05, 3.63) is 0 Å². The first-order valence-corrected chi connectivity index (χ1v) is 3.53. The van der Waals surface area contributed by atoms with Crippen molar-refractivity contribution >= 4 is 23.5 Å². The molecular formula is C5H4S2. The number of hydrogen-bond donors (Lipinski definition) is 0. The average Bonchev–Trinajstić information content (AvgIpc) is 1.69. The second-order valence-electron chi connectivity index (χ2n) is 0.642. The third-order valence-corrected chi connectivity index (χ3v) is 1.56. The summed E-state index contributed by atoms with van der Waals surface area (Å²) in [5.74, 6) is 0. The molecule has 0 aromatic heterocycles. The Morgan fingerprint density at radius 3 is 1.86 bits per heavy atom. The van der Waals surface area contributed by atoms with E-state index in [2.05, 4.69) is 10.5 Å². The minimum Gasteiger partial charge on any atom is -0.108 e. The molecule has 0 bridgehead atoms. The van der Waals surface area contributed by atoms with E-state index in [0.717, 1.165) is 5.08 Å². The Morgan fingerprint density at radius 1 is 1.14 bits per heavy atom. The van der Waals surface area contributed by atoms with Crippen molar-refractivity contribution in [1.29, 1.82) is 0 Å². The van der Waals surface area contributed by atoms with E-state index < -0.39 is 0 Å². The zero-order chi connectivity index (χ0) is 5.54. The average molecular weight is 128 g/mol. The molecule has 0 aromatic rings. The van der Waals surface area contributed by atoms with E-state index in [1.807, 2.05) is 0 Å². The molecule has 0 radical (unpaired) electrons. The predicted octanol–water partition coefficient (Wildman–Crippen LogP) is 1.59. The van der Waals surface area contributed by atoms with Gasteiger partial charge in [0.05, 0.1) is 5.08 Å². The summed E-state index contributed by atoms with van der Waals surface area (Å²) in [6.07, 6.45) is 9.80. The molecule has 0 aromatic carbocycles. The van der Waals surface area contributed by atoms with E-state index in [0.29, 0.717) is 0 Å². The van der Waals surface area contributed by atoms with Gasteiger partial charge in [0, 0.05) is 0 Å². The minimum atomic E-state index is 0.799. The van der Waals surface area contributed by atoms with Gasteiger partial charge in [0.2, 0.25) is 0 Å². The molecule has 2 heteroatoms. The summed E-state index contributed by atoms with van der Waals surface area (Å²) < 4.78 is 0. The maximum atomic E-state index is 4.90. The van der Waals surface area contributed by atoms with Gasteiger partial charge in [-0.1, -0.05) is 23.5 Å². The third kappa shape index (κ3) is 5.82. The largest absolute Gasteiger partial charge is 0.108 e. The summed E-state index contributed by atoms with van der Waals surface area (Å²) in [5, 5.41) is 5.60. The van der Waals surface area contributed by atoms with Crippen LogP contribution in [0.2, 0.25) is 0 Å². The van der Waals surface area contributed by atoms with Gasteiger partial charge in [-0.2, -0.15) is 0 Å². The molecule has 0 amide bonds. The van der Waals surface area contributed by atoms with Crippen LogP contribution in [0.1, 0.15) is 0 Å². The Kier molecular flexibility index (Phi) is 5.67. The molecule has 36 valence electrons. The molecule has 0 nitrogen and oxygen atoms in total. The van der Waals surface area contributed by atoms with Gasteiger partial charge >= 0.3 is 0 Å². The van der Waals surface area contributed by atoms with Crippen molar-refractivity contribution in [3.63, 3.8) is 0 Å². The molecule has 0 N–H and O–H groups in total. The maximum absolute atomic E-state index is 4.90. The molecule has 0 atom stereocenters. The van der Waals surface area contributed by atoms with E-state index in [1.165, 1.54) is 23.5 Å². The highest BCUT2D eigenvalue weighted by atomic mass is 32.2.